The van der Waals surface area contributed by atoms with E-state index in [-0.39, 0.29) is 23.9 Å². The minimum atomic E-state index is -0.854. The van der Waals surface area contributed by atoms with Gasteiger partial charge in [-0.15, -0.1) is 0 Å². The van der Waals surface area contributed by atoms with E-state index in [9.17, 15) is 14.4 Å². The highest BCUT2D eigenvalue weighted by atomic mass is 16.3. The Kier molecular flexibility index (Phi) is 5.34. The normalized spacial score (nSPS) is 11.8. The molecule has 0 spiro atoms. The molecule has 2 rings (SSSR count). The van der Waals surface area contributed by atoms with E-state index in [0.29, 0.717) is 17.1 Å². The van der Waals surface area contributed by atoms with Gasteiger partial charge in [0.05, 0.1) is 5.56 Å². The molecule has 1 amide bonds. The van der Waals surface area contributed by atoms with Crippen LogP contribution in [0.4, 0.5) is 0 Å². The lowest BCUT2D eigenvalue weighted by atomic mass is 9.95. The van der Waals surface area contributed by atoms with Gasteiger partial charge in [0, 0.05) is 26.1 Å². The van der Waals surface area contributed by atoms with Gasteiger partial charge in [0.2, 0.25) is 5.91 Å². The van der Waals surface area contributed by atoms with E-state index in [1.54, 1.807) is 20.2 Å². The van der Waals surface area contributed by atoms with E-state index in [0.717, 1.165) is 5.56 Å². The number of amides is 1. The molecule has 1 atom stereocenters. The van der Waals surface area contributed by atoms with Gasteiger partial charge in [0.15, 0.2) is 5.78 Å². The lowest BCUT2D eigenvalue weighted by molar-refractivity contribution is -0.138. The molecular weight excluding hydrogens is 306 g/mol. The van der Waals surface area contributed by atoms with Crippen molar-refractivity contribution in [3.8, 4) is 11.3 Å². The van der Waals surface area contributed by atoms with E-state index in [4.69, 9.17) is 4.42 Å². The summed E-state index contributed by atoms with van der Waals surface area (Å²) in [5.74, 6) is -0.633. The Morgan fingerprint density at radius 1 is 1.08 bits per heavy atom. The smallest absolute Gasteiger partial charge is 0.233 e. The van der Waals surface area contributed by atoms with Gasteiger partial charge in [-0.3, -0.25) is 14.4 Å². The van der Waals surface area contributed by atoms with Crippen molar-refractivity contribution in [1.82, 2.24) is 4.90 Å². The van der Waals surface area contributed by atoms with Gasteiger partial charge in [-0.2, -0.15) is 0 Å². The molecule has 1 aromatic carbocycles. The molecule has 0 saturated heterocycles. The zero-order valence-electron chi connectivity index (χ0n) is 14.3. The van der Waals surface area contributed by atoms with Gasteiger partial charge in [-0.05, 0) is 19.9 Å². The van der Waals surface area contributed by atoms with E-state index >= 15 is 0 Å². The molecular formula is C19H21NO4. The lowest BCUT2D eigenvalue weighted by Gasteiger charge is -2.17. The summed E-state index contributed by atoms with van der Waals surface area (Å²) in [5.41, 5.74) is 1.25. The summed E-state index contributed by atoms with van der Waals surface area (Å²) in [6.45, 7) is 2.82. The van der Waals surface area contributed by atoms with E-state index in [1.807, 2.05) is 30.3 Å². The number of carbonyl (C=O) groups excluding carboxylic acids is 3. The van der Waals surface area contributed by atoms with Crippen LogP contribution in [0.2, 0.25) is 0 Å². The third-order valence-corrected chi connectivity index (χ3v) is 3.87. The van der Waals surface area contributed by atoms with Crippen LogP contribution in [0.15, 0.2) is 40.8 Å². The van der Waals surface area contributed by atoms with Crippen molar-refractivity contribution in [2.45, 2.75) is 20.3 Å². The van der Waals surface area contributed by atoms with Crippen LogP contribution in [0.25, 0.3) is 11.3 Å². The summed E-state index contributed by atoms with van der Waals surface area (Å²) in [7, 11) is 3.20. The Hall–Kier alpha value is -2.69. The van der Waals surface area contributed by atoms with E-state index < -0.39 is 5.92 Å². The number of furan rings is 1. The summed E-state index contributed by atoms with van der Waals surface area (Å²) in [5, 5.41) is 0. The predicted octanol–water partition coefficient (Wildman–Crippen LogP) is 2.99. The average molecular weight is 327 g/mol. The molecule has 1 heterocycles. The zero-order valence-corrected chi connectivity index (χ0v) is 14.3. The minimum absolute atomic E-state index is 0.0775. The van der Waals surface area contributed by atoms with Crippen LogP contribution < -0.4 is 0 Å². The number of Topliss-reactive ketones (excluding diaryl/α,β-unsaturated/α-hetero) is 2. The topological polar surface area (TPSA) is 67.6 Å². The van der Waals surface area contributed by atoms with Gasteiger partial charge in [0.25, 0.3) is 0 Å². The van der Waals surface area contributed by atoms with Gasteiger partial charge in [0.1, 0.15) is 23.2 Å². The van der Waals surface area contributed by atoms with Crippen LogP contribution >= 0.6 is 0 Å². The molecule has 5 nitrogen and oxygen atoms in total. The molecule has 2 aromatic rings. The van der Waals surface area contributed by atoms with Crippen LogP contribution in [0.3, 0.4) is 0 Å². The first kappa shape index (κ1) is 17.7. The maximum Gasteiger partial charge on any atom is 0.233 e. The SMILES string of the molecule is CC(=O)c1cc(-c2ccccc2)oc1CC(C(C)=O)C(=O)N(C)C. The maximum absolute atomic E-state index is 12.2. The van der Waals surface area contributed by atoms with Crippen LogP contribution in [0, 0.1) is 5.92 Å². The quantitative estimate of drug-likeness (QED) is 0.604. The predicted molar refractivity (Wildman–Crippen MR) is 90.7 cm³/mol. The average Bonchev–Trinajstić information content (AvgIpc) is 2.96. The molecule has 24 heavy (non-hydrogen) atoms. The van der Waals surface area contributed by atoms with Crippen molar-refractivity contribution >= 4 is 17.5 Å². The number of nitrogens with zero attached hydrogens (tertiary/aromatic N) is 1. The van der Waals surface area contributed by atoms with Gasteiger partial charge >= 0.3 is 0 Å². The number of benzene rings is 1. The largest absolute Gasteiger partial charge is 0.460 e. The number of hydrogen-bond donors (Lipinski definition) is 0. The highest BCUT2D eigenvalue weighted by Crippen LogP contribution is 2.28. The van der Waals surface area contributed by atoms with Crippen molar-refractivity contribution in [3.63, 3.8) is 0 Å². The molecule has 1 aromatic heterocycles. The third kappa shape index (κ3) is 3.79. The Labute approximate surface area is 141 Å². The first-order chi connectivity index (χ1) is 11.3. The molecule has 0 saturated carbocycles. The summed E-state index contributed by atoms with van der Waals surface area (Å²) < 4.78 is 5.83. The fourth-order valence-corrected chi connectivity index (χ4v) is 2.53. The maximum atomic E-state index is 12.2. The third-order valence-electron chi connectivity index (χ3n) is 3.87. The van der Waals surface area contributed by atoms with E-state index in [1.165, 1.54) is 18.7 Å². The Morgan fingerprint density at radius 2 is 1.71 bits per heavy atom. The van der Waals surface area contributed by atoms with Gasteiger partial charge < -0.3 is 9.32 Å². The number of ketones is 2. The van der Waals surface area contributed by atoms with Crippen molar-refractivity contribution in [2.24, 2.45) is 5.92 Å². The summed E-state index contributed by atoms with van der Waals surface area (Å²) in [4.78, 5) is 37.4. The van der Waals surface area contributed by atoms with Crippen LogP contribution in [-0.2, 0) is 16.0 Å². The van der Waals surface area contributed by atoms with Crippen molar-refractivity contribution in [1.29, 1.82) is 0 Å². The second-order valence-electron chi connectivity index (χ2n) is 5.97. The lowest BCUT2D eigenvalue weighted by Crippen LogP contribution is -2.35. The second-order valence-corrected chi connectivity index (χ2v) is 5.97. The molecule has 0 aliphatic rings. The van der Waals surface area contributed by atoms with Crippen LogP contribution in [0.5, 0.6) is 0 Å². The Morgan fingerprint density at radius 3 is 2.21 bits per heavy atom. The molecule has 0 aliphatic heterocycles. The van der Waals surface area contributed by atoms with Gasteiger partial charge in [-0.25, -0.2) is 0 Å². The molecule has 0 fully saturated rings. The molecule has 0 bridgehead atoms. The number of hydrogen-bond acceptors (Lipinski definition) is 4. The summed E-state index contributed by atoms with van der Waals surface area (Å²) in [6.07, 6.45) is 0.0775. The van der Waals surface area contributed by atoms with Crippen LogP contribution in [-0.4, -0.2) is 36.5 Å². The van der Waals surface area contributed by atoms with Crippen molar-refractivity contribution < 1.29 is 18.8 Å². The standard InChI is InChI=1S/C19H21NO4/c1-12(21)15-10-17(14-8-6-5-7-9-14)24-18(15)11-16(13(2)22)19(23)20(3)4/h5-10,16H,11H2,1-4H3. The fourth-order valence-electron chi connectivity index (χ4n) is 2.53. The van der Waals surface area contributed by atoms with Gasteiger partial charge in [-0.1, -0.05) is 30.3 Å². The molecule has 5 heteroatoms. The first-order valence-electron chi connectivity index (χ1n) is 7.72. The highest BCUT2D eigenvalue weighted by molar-refractivity contribution is 6.01. The zero-order chi connectivity index (χ0) is 17.9. The molecule has 0 N–H and O–H groups in total. The fraction of sp³-hybridized carbons (Fsp3) is 0.316. The van der Waals surface area contributed by atoms with E-state index in [2.05, 4.69) is 0 Å². The van der Waals surface area contributed by atoms with Crippen molar-refractivity contribution in [2.75, 3.05) is 14.1 Å². The Balaban J connectivity index is 2.41. The first-order valence-corrected chi connectivity index (χ1v) is 7.72. The molecule has 0 aliphatic carbocycles. The Bertz CT molecular complexity index is 759. The minimum Gasteiger partial charge on any atom is -0.460 e. The monoisotopic (exact) mass is 327 g/mol. The van der Waals surface area contributed by atoms with Crippen LogP contribution in [0.1, 0.15) is 30.0 Å². The molecule has 126 valence electrons. The number of carbonyl (C=O) groups is 3. The summed E-state index contributed by atoms with van der Waals surface area (Å²) >= 11 is 0. The second kappa shape index (κ2) is 7.25. The highest BCUT2D eigenvalue weighted by Gasteiger charge is 2.29. The molecule has 1 unspecified atom stereocenters. The number of rotatable bonds is 6. The van der Waals surface area contributed by atoms with Crippen molar-refractivity contribution in [3.05, 3.63) is 47.7 Å². The summed E-state index contributed by atoms with van der Waals surface area (Å²) in [6, 6.07) is 11.1. The molecule has 0 radical (unpaired) electrons.